The lowest BCUT2D eigenvalue weighted by Crippen LogP contribution is -2.44. The van der Waals surface area contributed by atoms with Crippen molar-refractivity contribution in [3.05, 3.63) is 70.8 Å². The van der Waals surface area contributed by atoms with Crippen molar-refractivity contribution in [2.75, 3.05) is 0 Å². The fourth-order valence-electron chi connectivity index (χ4n) is 2.88. The van der Waals surface area contributed by atoms with Gasteiger partial charge in [0.1, 0.15) is 5.60 Å². The molecule has 0 aromatic heterocycles. The maximum atomic E-state index is 12.6. The van der Waals surface area contributed by atoms with Crippen LogP contribution >= 0.6 is 0 Å². The highest BCUT2D eigenvalue weighted by Gasteiger charge is 2.40. The van der Waals surface area contributed by atoms with Crippen LogP contribution in [0.2, 0.25) is 0 Å². The monoisotopic (exact) mass is 266 g/mol. The molecule has 0 saturated heterocycles. The van der Waals surface area contributed by atoms with E-state index in [1.165, 1.54) is 5.56 Å². The molecular formula is C18H18O2. The summed E-state index contributed by atoms with van der Waals surface area (Å²) in [5, 5.41) is 10.8. The number of fused-ring (bicyclic) bond motifs is 1. The Hall–Kier alpha value is -1.93. The first-order chi connectivity index (χ1) is 9.58. The van der Waals surface area contributed by atoms with Gasteiger partial charge in [0, 0.05) is 12.0 Å². The minimum Gasteiger partial charge on any atom is -0.381 e. The summed E-state index contributed by atoms with van der Waals surface area (Å²) in [4.78, 5) is 12.6. The number of ketones is 1. The summed E-state index contributed by atoms with van der Waals surface area (Å²) in [6, 6.07) is 15.6. The van der Waals surface area contributed by atoms with E-state index < -0.39 is 5.60 Å². The highest BCUT2D eigenvalue weighted by molar-refractivity contribution is 6.04. The van der Waals surface area contributed by atoms with Gasteiger partial charge in [-0.1, -0.05) is 54.1 Å². The van der Waals surface area contributed by atoms with Gasteiger partial charge in [-0.3, -0.25) is 4.79 Å². The van der Waals surface area contributed by atoms with Crippen LogP contribution in [-0.4, -0.2) is 16.5 Å². The fraction of sp³-hybridized carbons (Fsp3) is 0.278. The number of Topliss-reactive ketones (excluding diaryl/α,β-unsaturated/α-hetero) is 1. The maximum absolute atomic E-state index is 12.6. The molecule has 0 fully saturated rings. The van der Waals surface area contributed by atoms with Crippen LogP contribution in [0.3, 0.4) is 0 Å². The Morgan fingerprint density at radius 3 is 2.55 bits per heavy atom. The molecule has 1 unspecified atom stereocenters. The van der Waals surface area contributed by atoms with Crippen LogP contribution in [0.15, 0.2) is 48.5 Å². The molecule has 0 spiro atoms. The van der Waals surface area contributed by atoms with Crippen molar-refractivity contribution in [3.8, 4) is 0 Å². The number of hydrogen-bond acceptors (Lipinski definition) is 2. The quantitative estimate of drug-likeness (QED) is 0.907. The van der Waals surface area contributed by atoms with Crippen molar-refractivity contribution < 1.29 is 9.90 Å². The summed E-state index contributed by atoms with van der Waals surface area (Å²) in [7, 11) is 0. The standard InChI is InChI=1S/C18H18O2/c1-13-6-8-14(9-7-13)12-18(20)11-10-15-4-2-3-5-16(15)17(18)19/h2-9,20H,10-12H2,1H3. The molecule has 0 heterocycles. The van der Waals surface area contributed by atoms with E-state index in [2.05, 4.69) is 0 Å². The lowest BCUT2D eigenvalue weighted by atomic mass is 9.76. The lowest BCUT2D eigenvalue weighted by Gasteiger charge is -2.32. The number of carbonyl (C=O) groups excluding carboxylic acids is 1. The molecule has 0 amide bonds. The summed E-state index contributed by atoms with van der Waals surface area (Å²) in [6.07, 6.45) is 1.64. The third-order valence-electron chi connectivity index (χ3n) is 4.11. The number of carbonyl (C=O) groups is 1. The van der Waals surface area contributed by atoms with Crippen molar-refractivity contribution >= 4 is 5.78 Å². The first-order valence-corrected chi connectivity index (χ1v) is 6.99. The Kier molecular flexibility index (Phi) is 3.19. The molecule has 2 aromatic carbocycles. The number of benzene rings is 2. The summed E-state index contributed by atoms with van der Waals surface area (Å²) < 4.78 is 0. The van der Waals surface area contributed by atoms with Crippen molar-refractivity contribution in [1.29, 1.82) is 0 Å². The van der Waals surface area contributed by atoms with Crippen LogP contribution in [0.4, 0.5) is 0 Å². The maximum Gasteiger partial charge on any atom is 0.194 e. The molecule has 3 rings (SSSR count). The average Bonchev–Trinajstić information content (AvgIpc) is 2.46. The molecule has 0 bridgehead atoms. The first-order valence-electron chi connectivity index (χ1n) is 6.99. The number of hydrogen-bond donors (Lipinski definition) is 1. The van der Waals surface area contributed by atoms with E-state index in [-0.39, 0.29) is 5.78 Å². The van der Waals surface area contributed by atoms with Gasteiger partial charge in [0.2, 0.25) is 0 Å². The number of aryl methyl sites for hydroxylation is 2. The van der Waals surface area contributed by atoms with E-state index in [0.29, 0.717) is 18.4 Å². The average molecular weight is 266 g/mol. The second-order valence-corrected chi connectivity index (χ2v) is 5.68. The largest absolute Gasteiger partial charge is 0.381 e. The molecule has 0 radical (unpaired) electrons. The molecule has 2 heteroatoms. The minimum atomic E-state index is -1.26. The Labute approximate surface area is 119 Å². The number of rotatable bonds is 2. The Balaban J connectivity index is 1.90. The van der Waals surface area contributed by atoms with Gasteiger partial charge in [-0.05, 0) is 30.9 Å². The Bertz CT molecular complexity index is 643. The van der Waals surface area contributed by atoms with Gasteiger partial charge in [0.15, 0.2) is 5.78 Å². The van der Waals surface area contributed by atoms with E-state index >= 15 is 0 Å². The smallest absolute Gasteiger partial charge is 0.194 e. The molecule has 20 heavy (non-hydrogen) atoms. The molecule has 2 aromatic rings. The summed E-state index contributed by atoms with van der Waals surface area (Å²) in [5.74, 6) is -0.139. The van der Waals surface area contributed by atoms with Crippen LogP contribution < -0.4 is 0 Å². The predicted octanol–water partition coefficient (Wildman–Crippen LogP) is 3.10. The van der Waals surface area contributed by atoms with Crippen molar-refractivity contribution in [2.45, 2.75) is 31.8 Å². The zero-order chi connectivity index (χ0) is 14.2. The van der Waals surface area contributed by atoms with Gasteiger partial charge in [-0.2, -0.15) is 0 Å². The Morgan fingerprint density at radius 2 is 1.80 bits per heavy atom. The van der Waals surface area contributed by atoms with Crippen LogP contribution in [-0.2, 0) is 12.8 Å². The van der Waals surface area contributed by atoms with Crippen molar-refractivity contribution in [2.24, 2.45) is 0 Å². The van der Waals surface area contributed by atoms with Gasteiger partial charge < -0.3 is 5.11 Å². The highest BCUT2D eigenvalue weighted by Crippen LogP contribution is 2.31. The third kappa shape index (κ3) is 2.27. The molecule has 1 aliphatic rings. The molecule has 0 saturated carbocycles. The second-order valence-electron chi connectivity index (χ2n) is 5.68. The van der Waals surface area contributed by atoms with E-state index in [0.717, 1.165) is 17.5 Å². The zero-order valence-corrected chi connectivity index (χ0v) is 11.6. The summed E-state index contributed by atoms with van der Waals surface area (Å²) in [5.41, 5.74) is 2.65. The molecule has 1 N–H and O–H groups in total. The zero-order valence-electron chi connectivity index (χ0n) is 11.6. The van der Waals surface area contributed by atoms with E-state index in [1.807, 2.05) is 55.5 Å². The predicted molar refractivity (Wildman–Crippen MR) is 78.9 cm³/mol. The lowest BCUT2D eigenvalue weighted by molar-refractivity contribution is 0.0245. The van der Waals surface area contributed by atoms with Crippen LogP contribution in [0.25, 0.3) is 0 Å². The second kappa shape index (κ2) is 4.88. The molecular weight excluding hydrogens is 248 g/mol. The topological polar surface area (TPSA) is 37.3 Å². The minimum absolute atomic E-state index is 0.139. The van der Waals surface area contributed by atoms with E-state index in [1.54, 1.807) is 0 Å². The molecule has 0 aliphatic heterocycles. The molecule has 102 valence electrons. The van der Waals surface area contributed by atoms with Crippen molar-refractivity contribution in [3.63, 3.8) is 0 Å². The van der Waals surface area contributed by atoms with Gasteiger partial charge in [0.05, 0.1) is 0 Å². The van der Waals surface area contributed by atoms with Crippen LogP contribution in [0.5, 0.6) is 0 Å². The van der Waals surface area contributed by atoms with Crippen LogP contribution in [0.1, 0.15) is 33.5 Å². The highest BCUT2D eigenvalue weighted by atomic mass is 16.3. The molecule has 2 nitrogen and oxygen atoms in total. The first kappa shape index (κ1) is 13.1. The van der Waals surface area contributed by atoms with Gasteiger partial charge in [0.25, 0.3) is 0 Å². The summed E-state index contributed by atoms with van der Waals surface area (Å²) >= 11 is 0. The van der Waals surface area contributed by atoms with Crippen LogP contribution in [0, 0.1) is 6.92 Å². The fourth-order valence-corrected chi connectivity index (χ4v) is 2.88. The molecule has 1 aliphatic carbocycles. The van der Waals surface area contributed by atoms with Gasteiger partial charge >= 0.3 is 0 Å². The summed E-state index contributed by atoms with van der Waals surface area (Å²) in [6.45, 7) is 2.03. The van der Waals surface area contributed by atoms with Gasteiger partial charge in [-0.25, -0.2) is 0 Å². The third-order valence-corrected chi connectivity index (χ3v) is 4.11. The van der Waals surface area contributed by atoms with E-state index in [4.69, 9.17) is 0 Å². The van der Waals surface area contributed by atoms with E-state index in [9.17, 15) is 9.90 Å². The van der Waals surface area contributed by atoms with Gasteiger partial charge in [-0.15, -0.1) is 0 Å². The Morgan fingerprint density at radius 1 is 1.10 bits per heavy atom. The molecule has 1 atom stereocenters. The normalized spacial score (nSPS) is 21.6. The SMILES string of the molecule is Cc1ccc(CC2(O)CCc3ccccc3C2=O)cc1. The number of aliphatic hydroxyl groups is 1. The van der Waals surface area contributed by atoms with Crippen molar-refractivity contribution in [1.82, 2.24) is 0 Å².